The number of nitrogen functional groups attached to an aromatic ring is 1. The molecule has 25 heavy (non-hydrogen) atoms. The lowest BCUT2D eigenvalue weighted by Gasteiger charge is -2.23. The summed E-state index contributed by atoms with van der Waals surface area (Å²) in [5.41, 5.74) is 6.41. The van der Waals surface area contributed by atoms with E-state index in [4.69, 9.17) is 25.7 Å². The Morgan fingerprint density at radius 3 is 2.20 bits per heavy atom. The van der Waals surface area contributed by atoms with Gasteiger partial charge >= 0.3 is 0 Å². The predicted molar refractivity (Wildman–Crippen MR) is 92.2 cm³/mol. The molecule has 0 unspecified atom stereocenters. The number of rotatable bonds is 8. The van der Waals surface area contributed by atoms with E-state index in [1.54, 1.807) is 36.3 Å². The highest BCUT2D eigenvalue weighted by Crippen LogP contribution is 2.32. The maximum absolute atomic E-state index is 8.81. The molecule has 0 aliphatic rings. The fourth-order valence-corrected chi connectivity index (χ4v) is 2.15. The number of aromatic nitrogens is 2. The van der Waals surface area contributed by atoms with Crippen LogP contribution in [0.4, 0.5) is 11.5 Å². The van der Waals surface area contributed by atoms with E-state index in [1.807, 2.05) is 0 Å². The SMILES string of the molecule is COc1ccc(Oc2ncnc(N(CCC#N)CCC#N)c2N)cc1. The lowest BCUT2D eigenvalue weighted by atomic mass is 10.3. The number of nitriles is 2. The van der Waals surface area contributed by atoms with Gasteiger partial charge in [-0.2, -0.15) is 15.5 Å². The average Bonchev–Trinajstić information content (AvgIpc) is 2.65. The van der Waals surface area contributed by atoms with Crippen molar-refractivity contribution in [2.75, 3.05) is 30.8 Å². The van der Waals surface area contributed by atoms with Crippen LogP contribution in [0.5, 0.6) is 17.4 Å². The standard InChI is InChI=1S/C17H18N6O2/c1-24-13-4-6-14(7-5-13)25-17-15(20)16(21-12-22-17)23(10-2-8-18)11-3-9-19/h4-7,12H,2-3,10-11,20H2,1H3. The smallest absolute Gasteiger partial charge is 0.248 e. The van der Waals surface area contributed by atoms with Crippen LogP contribution in [0.1, 0.15) is 12.8 Å². The number of nitrogens with zero attached hydrogens (tertiary/aromatic N) is 5. The van der Waals surface area contributed by atoms with Crippen molar-refractivity contribution in [2.24, 2.45) is 0 Å². The number of methoxy groups -OCH3 is 1. The molecule has 0 aliphatic carbocycles. The minimum atomic E-state index is 0.217. The molecule has 1 aromatic heterocycles. The van der Waals surface area contributed by atoms with Gasteiger partial charge in [-0.05, 0) is 24.3 Å². The zero-order chi connectivity index (χ0) is 18.1. The predicted octanol–water partition coefficient (Wildman–Crippen LogP) is 2.49. The summed E-state index contributed by atoms with van der Waals surface area (Å²) in [6.07, 6.45) is 1.93. The van der Waals surface area contributed by atoms with Crippen LogP contribution in [-0.2, 0) is 0 Å². The first-order chi connectivity index (χ1) is 12.2. The Kier molecular flexibility index (Phi) is 6.38. The van der Waals surface area contributed by atoms with Gasteiger partial charge in [0.05, 0.1) is 32.1 Å². The third kappa shape index (κ3) is 4.72. The Morgan fingerprint density at radius 1 is 1.04 bits per heavy atom. The molecule has 0 saturated heterocycles. The molecular weight excluding hydrogens is 320 g/mol. The quantitative estimate of drug-likeness (QED) is 0.779. The zero-order valence-corrected chi connectivity index (χ0v) is 13.8. The molecule has 0 radical (unpaired) electrons. The van der Waals surface area contributed by atoms with Gasteiger partial charge in [0.1, 0.15) is 23.5 Å². The maximum atomic E-state index is 8.81. The van der Waals surface area contributed by atoms with E-state index < -0.39 is 0 Å². The van der Waals surface area contributed by atoms with Crippen LogP contribution >= 0.6 is 0 Å². The van der Waals surface area contributed by atoms with Gasteiger partial charge in [0, 0.05) is 13.1 Å². The number of hydrogen-bond donors (Lipinski definition) is 1. The molecule has 2 aromatic rings. The Balaban J connectivity index is 2.24. The number of ether oxygens (including phenoxy) is 2. The van der Waals surface area contributed by atoms with Crippen molar-refractivity contribution in [2.45, 2.75) is 12.8 Å². The first-order valence-electron chi connectivity index (χ1n) is 7.60. The maximum Gasteiger partial charge on any atom is 0.248 e. The van der Waals surface area contributed by atoms with Crippen molar-refractivity contribution in [3.63, 3.8) is 0 Å². The molecule has 0 aliphatic heterocycles. The normalized spacial score (nSPS) is 9.72. The van der Waals surface area contributed by atoms with Gasteiger partial charge in [0.25, 0.3) is 0 Å². The van der Waals surface area contributed by atoms with Crippen LogP contribution in [0, 0.1) is 22.7 Å². The molecule has 8 nitrogen and oxygen atoms in total. The Bertz CT molecular complexity index is 761. The summed E-state index contributed by atoms with van der Waals surface area (Å²) >= 11 is 0. The third-order valence-electron chi connectivity index (χ3n) is 3.39. The highest BCUT2D eigenvalue weighted by atomic mass is 16.5. The fourth-order valence-electron chi connectivity index (χ4n) is 2.15. The Hall–Kier alpha value is -3.52. The lowest BCUT2D eigenvalue weighted by Crippen LogP contribution is -2.27. The average molecular weight is 338 g/mol. The molecule has 0 bridgehead atoms. The van der Waals surface area contributed by atoms with E-state index >= 15 is 0 Å². The monoisotopic (exact) mass is 338 g/mol. The van der Waals surface area contributed by atoms with Crippen molar-refractivity contribution in [3.8, 4) is 29.5 Å². The van der Waals surface area contributed by atoms with E-state index in [0.29, 0.717) is 43.2 Å². The van der Waals surface area contributed by atoms with E-state index in [1.165, 1.54) is 6.33 Å². The summed E-state index contributed by atoms with van der Waals surface area (Å²) in [7, 11) is 1.58. The second-order valence-electron chi connectivity index (χ2n) is 5.00. The first-order valence-corrected chi connectivity index (χ1v) is 7.60. The summed E-state index contributed by atoms with van der Waals surface area (Å²) in [5.74, 6) is 1.93. The molecule has 0 amide bonds. The van der Waals surface area contributed by atoms with Crippen LogP contribution in [0.15, 0.2) is 30.6 Å². The van der Waals surface area contributed by atoms with Crippen molar-refractivity contribution < 1.29 is 9.47 Å². The molecule has 128 valence electrons. The van der Waals surface area contributed by atoms with Gasteiger partial charge in [-0.3, -0.25) is 0 Å². The topological polar surface area (TPSA) is 121 Å². The summed E-state index contributed by atoms with van der Waals surface area (Å²) in [6, 6.07) is 11.2. The van der Waals surface area contributed by atoms with Gasteiger partial charge in [0.2, 0.25) is 5.88 Å². The van der Waals surface area contributed by atoms with Crippen molar-refractivity contribution in [3.05, 3.63) is 30.6 Å². The van der Waals surface area contributed by atoms with Crippen LogP contribution in [0.2, 0.25) is 0 Å². The van der Waals surface area contributed by atoms with E-state index in [-0.39, 0.29) is 11.6 Å². The van der Waals surface area contributed by atoms with Crippen molar-refractivity contribution in [1.29, 1.82) is 10.5 Å². The molecule has 1 aromatic carbocycles. The first kappa shape index (κ1) is 17.8. The zero-order valence-electron chi connectivity index (χ0n) is 13.8. The molecule has 0 fully saturated rings. The van der Waals surface area contributed by atoms with Crippen LogP contribution in [0.25, 0.3) is 0 Å². The highest BCUT2D eigenvalue weighted by molar-refractivity contribution is 5.68. The molecule has 2 rings (SSSR count). The number of hydrogen-bond acceptors (Lipinski definition) is 8. The summed E-state index contributed by atoms with van der Waals surface area (Å²) in [5, 5.41) is 17.6. The molecular formula is C17H18N6O2. The summed E-state index contributed by atoms with van der Waals surface area (Å²) in [4.78, 5) is 10.0. The molecule has 2 N–H and O–H groups in total. The number of nitrogens with two attached hydrogens (primary N) is 1. The van der Waals surface area contributed by atoms with E-state index in [2.05, 4.69) is 22.1 Å². The van der Waals surface area contributed by atoms with Gasteiger partial charge < -0.3 is 20.1 Å². The van der Waals surface area contributed by atoms with E-state index in [9.17, 15) is 0 Å². The molecule has 8 heteroatoms. The summed E-state index contributed by atoms with van der Waals surface area (Å²) < 4.78 is 10.8. The second-order valence-corrected chi connectivity index (χ2v) is 5.00. The Morgan fingerprint density at radius 2 is 1.64 bits per heavy atom. The second kappa shape index (κ2) is 8.94. The minimum absolute atomic E-state index is 0.217. The van der Waals surface area contributed by atoms with Crippen LogP contribution in [0.3, 0.4) is 0 Å². The summed E-state index contributed by atoms with van der Waals surface area (Å²) in [6.45, 7) is 0.836. The van der Waals surface area contributed by atoms with Crippen LogP contribution in [-0.4, -0.2) is 30.2 Å². The van der Waals surface area contributed by atoms with E-state index in [0.717, 1.165) is 0 Å². The van der Waals surface area contributed by atoms with Gasteiger partial charge in [-0.15, -0.1) is 0 Å². The highest BCUT2D eigenvalue weighted by Gasteiger charge is 2.16. The lowest BCUT2D eigenvalue weighted by molar-refractivity contribution is 0.412. The van der Waals surface area contributed by atoms with Gasteiger partial charge in [-0.25, -0.2) is 4.98 Å². The number of anilines is 2. The van der Waals surface area contributed by atoms with Crippen LogP contribution < -0.4 is 20.1 Å². The van der Waals surface area contributed by atoms with Gasteiger partial charge in [-0.1, -0.05) is 0 Å². The molecule has 0 spiro atoms. The minimum Gasteiger partial charge on any atom is -0.497 e. The fraction of sp³-hybridized carbons (Fsp3) is 0.294. The van der Waals surface area contributed by atoms with Crippen molar-refractivity contribution in [1.82, 2.24) is 9.97 Å². The molecule has 1 heterocycles. The van der Waals surface area contributed by atoms with Crippen molar-refractivity contribution >= 4 is 11.5 Å². The Labute approximate surface area is 146 Å². The van der Waals surface area contributed by atoms with Gasteiger partial charge in [0.15, 0.2) is 5.82 Å². The number of benzene rings is 1. The third-order valence-corrected chi connectivity index (χ3v) is 3.39. The largest absolute Gasteiger partial charge is 0.497 e. The molecule has 0 atom stereocenters. The molecule has 0 saturated carbocycles.